The van der Waals surface area contributed by atoms with Gasteiger partial charge in [0.05, 0.1) is 12.5 Å². The Labute approximate surface area is 127 Å². The molecule has 0 spiro atoms. The van der Waals surface area contributed by atoms with Crippen LogP contribution in [0.2, 0.25) is 0 Å². The minimum absolute atomic E-state index is 0.0392. The summed E-state index contributed by atoms with van der Waals surface area (Å²) in [5.74, 6) is 3.36. The fourth-order valence-electron chi connectivity index (χ4n) is 4.79. The third kappa shape index (κ3) is 2.51. The number of carbonyl (C=O) groups excluding carboxylic acids is 1. The van der Waals surface area contributed by atoms with Crippen molar-refractivity contribution < 1.29 is 9.53 Å². The van der Waals surface area contributed by atoms with Crippen LogP contribution in [0.4, 0.5) is 0 Å². The van der Waals surface area contributed by atoms with Crippen LogP contribution in [0, 0.1) is 35.5 Å². The van der Waals surface area contributed by atoms with Crippen molar-refractivity contribution >= 4 is 5.97 Å². The number of carbonyl (C=O) groups is 1. The van der Waals surface area contributed by atoms with E-state index in [1.807, 2.05) is 0 Å². The second-order valence-corrected chi connectivity index (χ2v) is 7.24. The predicted octanol–water partition coefficient (Wildman–Crippen LogP) is 2.52. The number of nitrogens with one attached hydrogen (secondary N) is 1. The second-order valence-electron chi connectivity index (χ2n) is 7.24. The molecule has 0 aromatic rings. The van der Waals surface area contributed by atoms with E-state index < -0.39 is 0 Å². The summed E-state index contributed by atoms with van der Waals surface area (Å²) in [5, 5.41) is 3.17. The van der Waals surface area contributed by atoms with E-state index in [-0.39, 0.29) is 23.4 Å². The van der Waals surface area contributed by atoms with Gasteiger partial charge in [0.1, 0.15) is 6.10 Å². The lowest BCUT2D eigenvalue weighted by Crippen LogP contribution is -2.45. The minimum Gasteiger partial charge on any atom is -0.462 e. The van der Waals surface area contributed by atoms with Crippen LogP contribution in [0.5, 0.6) is 0 Å². The van der Waals surface area contributed by atoms with Crippen LogP contribution >= 0.6 is 0 Å². The van der Waals surface area contributed by atoms with Gasteiger partial charge in [-0.2, -0.15) is 0 Å². The molecule has 1 N–H and O–H groups in total. The van der Waals surface area contributed by atoms with E-state index in [1.54, 1.807) is 0 Å². The van der Waals surface area contributed by atoms with E-state index in [1.165, 1.54) is 18.4 Å². The zero-order valence-corrected chi connectivity index (χ0v) is 12.9. The lowest BCUT2D eigenvalue weighted by Gasteiger charge is -2.50. The molecule has 0 aromatic heterocycles. The average Bonchev–Trinajstić information content (AvgIpc) is 2.72. The van der Waals surface area contributed by atoms with Gasteiger partial charge in [-0.25, -0.2) is 0 Å². The van der Waals surface area contributed by atoms with Crippen molar-refractivity contribution in [1.82, 2.24) is 5.32 Å². The third-order valence-electron chi connectivity index (χ3n) is 5.91. The summed E-state index contributed by atoms with van der Waals surface area (Å²) in [5.41, 5.74) is 1.66. The third-order valence-corrected chi connectivity index (χ3v) is 5.91. The Morgan fingerprint density at radius 2 is 2.38 bits per heavy atom. The van der Waals surface area contributed by atoms with Crippen LogP contribution in [0.15, 0.2) is 12.2 Å². The Hall–Kier alpha value is -1.27. The number of esters is 1. The van der Waals surface area contributed by atoms with E-state index in [4.69, 9.17) is 11.2 Å². The van der Waals surface area contributed by atoms with E-state index in [0.29, 0.717) is 24.9 Å². The Morgan fingerprint density at radius 1 is 1.57 bits per heavy atom. The van der Waals surface area contributed by atoms with E-state index in [0.717, 1.165) is 19.3 Å². The molecule has 3 rings (SSSR count). The van der Waals surface area contributed by atoms with Crippen LogP contribution in [0.1, 0.15) is 39.0 Å². The van der Waals surface area contributed by atoms with Gasteiger partial charge in [-0.05, 0) is 43.4 Å². The van der Waals surface area contributed by atoms with Gasteiger partial charge in [0.2, 0.25) is 0 Å². The van der Waals surface area contributed by atoms with Gasteiger partial charge in [0, 0.05) is 12.5 Å². The number of allylic oxidation sites excluding steroid dienone is 1. The molecule has 114 valence electrons. The molecule has 0 aromatic carbocycles. The zero-order valence-electron chi connectivity index (χ0n) is 12.9. The van der Waals surface area contributed by atoms with Crippen LogP contribution in [-0.2, 0) is 9.53 Å². The molecule has 0 bridgehead atoms. The normalized spacial score (nSPS) is 41.9. The second kappa shape index (κ2) is 5.50. The molecule has 0 unspecified atom stereocenters. The van der Waals surface area contributed by atoms with Crippen LogP contribution in [-0.4, -0.2) is 25.2 Å². The molecule has 3 aliphatic rings. The SMILES string of the molecule is C#CCNC[C@@H]1C(=O)O[C@@H]2C[C@@]3(C)CCCC(=C)[C@@H]3C[C@H]12. The molecule has 1 saturated heterocycles. The van der Waals surface area contributed by atoms with Crippen LogP contribution in [0.3, 0.4) is 0 Å². The van der Waals surface area contributed by atoms with Crippen molar-refractivity contribution in [3.8, 4) is 12.3 Å². The summed E-state index contributed by atoms with van der Waals surface area (Å²) in [6.07, 6.45) is 11.0. The van der Waals surface area contributed by atoms with Gasteiger partial charge in [-0.3, -0.25) is 4.79 Å². The maximum Gasteiger partial charge on any atom is 0.310 e. The van der Waals surface area contributed by atoms with Gasteiger partial charge in [0.15, 0.2) is 0 Å². The highest BCUT2D eigenvalue weighted by Gasteiger charge is 2.54. The first kappa shape index (κ1) is 14.7. The highest BCUT2D eigenvalue weighted by molar-refractivity contribution is 5.75. The molecule has 2 saturated carbocycles. The van der Waals surface area contributed by atoms with E-state index in [2.05, 4.69) is 24.7 Å². The zero-order chi connectivity index (χ0) is 15.0. The minimum atomic E-state index is -0.0395. The molecule has 3 nitrogen and oxygen atoms in total. The van der Waals surface area contributed by atoms with Crippen molar-refractivity contribution in [3.05, 3.63) is 12.2 Å². The monoisotopic (exact) mass is 287 g/mol. The molecule has 0 radical (unpaired) electrons. The molecule has 3 heteroatoms. The van der Waals surface area contributed by atoms with Gasteiger partial charge >= 0.3 is 5.97 Å². The number of fused-ring (bicyclic) bond motifs is 2. The predicted molar refractivity (Wildman–Crippen MR) is 82.4 cm³/mol. The maximum atomic E-state index is 12.2. The first-order chi connectivity index (χ1) is 10.0. The fraction of sp³-hybridized carbons (Fsp3) is 0.722. The van der Waals surface area contributed by atoms with E-state index >= 15 is 0 Å². The first-order valence-electron chi connectivity index (χ1n) is 8.07. The topological polar surface area (TPSA) is 38.3 Å². The molecule has 21 heavy (non-hydrogen) atoms. The van der Waals surface area contributed by atoms with Crippen LogP contribution < -0.4 is 5.32 Å². The number of hydrogen-bond acceptors (Lipinski definition) is 3. The van der Waals surface area contributed by atoms with Gasteiger partial charge in [0.25, 0.3) is 0 Å². The quantitative estimate of drug-likeness (QED) is 0.375. The van der Waals surface area contributed by atoms with E-state index in [9.17, 15) is 4.79 Å². The smallest absolute Gasteiger partial charge is 0.310 e. The molecule has 3 fully saturated rings. The number of ether oxygens (including phenoxy) is 1. The average molecular weight is 287 g/mol. The van der Waals surface area contributed by atoms with Gasteiger partial charge < -0.3 is 10.1 Å². The van der Waals surface area contributed by atoms with Crippen molar-refractivity contribution in [1.29, 1.82) is 0 Å². The molecule has 0 amide bonds. The summed E-state index contributed by atoms with van der Waals surface area (Å²) in [6, 6.07) is 0. The van der Waals surface area contributed by atoms with Gasteiger partial charge in [-0.1, -0.05) is 25.0 Å². The summed E-state index contributed by atoms with van der Waals surface area (Å²) in [7, 11) is 0. The summed E-state index contributed by atoms with van der Waals surface area (Å²) in [4.78, 5) is 12.2. The Bertz CT molecular complexity index is 492. The number of rotatable bonds is 3. The standard InChI is InChI=1S/C18H25NO2/c1-4-8-19-11-14-13-9-15-12(2)6-5-7-18(15,3)10-16(13)21-17(14)20/h1,13-16,19H,2,5-11H2,3H3/t13-,14+,15+,16-,18-/m1/s1. The Balaban J connectivity index is 1.75. The Morgan fingerprint density at radius 3 is 3.14 bits per heavy atom. The van der Waals surface area contributed by atoms with Crippen molar-refractivity contribution in [2.45, 2.75) is 45.1 Å². The molecule has 5 atom stereocenters. The Kier molecular flexibility index (Phi) is 3.84. The van der Waals surface area contributed by atoms with Crippen molar-refractivity contribution in [2.75, 3.05) is 13.1 Å². The molecule has 1 heterocycles. The fourth-order valence-corrected chi connectivity index (χ4v) is 4.79. The molecular weight excluding hydrogens is 262 g/mol. The first-order valence-corrected chi connectivity index (χ1v) is 8.07. The lowest BCUT2D eigenvalue weighted by atomic mass is 9.55. The lowest BCUT2D eigenvalue weighted by molar-refractivity contribution is -0.145. The highest BCUT2D eigenvalue weighted by atomic mass is 16.6. The van der Waals surface area contributed by atoms with Crippen molar-refractivity contribution in [3.63, 3.8) is 0 Å². The maximum absolute atomic E-state index is 12.2. The summed E-state index contributed by atoms with van der Waals surface area (Å²) in [6.45, 7) is 7.81. The molecule has 2 aliphatic carbocycles. The molecule has 1 aliphatic heterocycles. The summed E-state index contributed by atoms with van der Waals surface area (Å²) >= 11 is 0. The number of terminal acetylenes is 1. The van der Waals surface area contributed by atoms with Crippen molar-refractivity contribution in [2.24, 2.45) is 23.2 Å². The molecular formula is C18H25NO2. The largest absolute Gasteiger partial charge is 0.462 e. The number of hydrogen-bond donors (Lipinski definition) is 1. The van der Waals surface area contributed by atoms with Crippen LogP contribution in [0.25, 0.3) is 0 Å². The summed E-state index contributed by atoms with van der Waals surface area (Å²) < 4.78 is 5.70. The highest BCUT2D eigenvalue weighted by Crippen LogP contribution is 2.56. The van der Waals surface area contributed by atoms with Gasteiger partial charge in [-0.15, -0.1) is 6.42 Å².